The molecule has 0 bridgehead atoms. The quantitative estimate of drug-likeness (QED) is 0.0204. The number of allylic oxidation sites excluding steroid dienone is 16. The minimum Gasteiger partial charge on any atom is -0.394 e. The minimum atomic E-state index is -1.79. The molecule has 0 aromatic heterocycles. The van der Waals surface area contributed by atoms with Crippen molar-refractivity contribution >= 4 is 5.91 Å². The van der Waals surface area contributed by atoms with Gasteiger partial charge in [0.1, 0.15) is 48.8 Å². The minimum absolute atomic E-state index is 0.205. The number of amides is 1. The Balaban J connectivity index is 1.58. The van der Waals surface area contributed by atoms with Crippen LogP contribution in [0.25, 0.3) is 0 Å². The Morgan fingerprint density at radius 3 is 1.03 bits per heavy atom. The molecule has 103 heavy (non-hydrogen) atoms. The molecule has 0 aromatic rings. The van der Waals surface area contributed by atoms with Gasteiger partial charge >= 0.3 is 0 Å². The van der Waals surface area contributed by atoms with Gasteiger partial charge in [0.2, 0.25) is 5.91 Å². The highest BCUT2D eigenvalue weighted by molar-refractivity contribution is 5.76. The molecule has 0 aromatic carbocycles. The normalized spacial score (nSPS) is 22.0. The number of carbonyl (C=O) groups excluding carboxylic acids is 1. The summed E-state index contributed by atoms with van der Waals surface area (Å²) in [5, 5.41) is 88.0. The third kappa shape index (κ3) is 54.2. The van der Waals surface area contributed by atoms with E-state index in [0.29, 0.717) is 12.8 Å². The van der Waals surface area contributed by atoms with Crippen molar-refractivity contribution < 1.29 is 64.6 Å². The number of aliphatic hydroxyl groups is 8. The summed E-state index contributed by atoms with van der Waals surface area (Å²) < 4.78 is 23.0. The average molecular weight is 1450 g/mol. The van der Waals surface area contributed by atoms with Crippen molar-refractivity contribution in [1.29, 1.82) is 0 Å². The first-order chi connectivity index (χ1) is 50.6. The molecule has 2 aliphatic rings. The van der Waals surface area contributed by atoms with Gasteiger partial charge < -0.3 is 65.1 Å². The zero-order valence-corrected chi connectivity index (χ0v) is 65.8. The van der Waals surface area contributed by atoms with Gasteiger partial charge in [0, 0.05) is 6.42 Å². The van der Waals surface area contributed by atoms with Crippen LogP contribution in [-0.2, 0) is 23.7 Å². The Hall–Kier alpha value is -3.09. The van der Waals surface area contributed by atoms with Crippen LogP contribution in [0.3, 0.4) is 0 Å². The third-order valence-electron chi connectivity index (χ3n) is 20.6. The summed E-state index contributed by atoms with van der Waals surface area (Å²) in [7, 11) is 0. The lowest BCUT2D eigenvalue weighted by Gasteiger charge is -2.46. The van der Waals surface area contributed by atoms with Crippen LogP contribution in [0.1, 0.15) is 367 Å². The molecule has 12 unspecified atom stereocenters. The number of nitrogens with one attached hydrogen (secondary N) is 1. The highest BCUT2D eigenvalue weighted by Gasteiger charge is 2.51. The largest absolute Gasteiger partial charge is 0.394 e. The molecule has 0 saturated carbocycles. The van der Waals surface area contributed by atoms with E-state index in [9.17, 15) is 45.6 Å². The van der Waals surface area contributed by atoms with Gasteiger partial charge in [-0.05, 0) is 77.0 Å². The second-order valence-electron chi connectivity index (χ2n) is 29.9. The molecule has 2 fully saturated rings. The van der Waals surface area contributed by atoms with Crippen LogP contribution in [-0.4, -0.2) is 140 Å². The van der Waals surface area contributed by atoms with Crippen molar-refractivity contribution in [2.75, 3.05) is 19.8 Å². The van der Waals surface area contributed by atoms with E-state index in [0.717, 1.165) is 103 Å². The van der Waals surface area contributed by atoms with Gasteiger partial charge in [-0.15, -0.1) is 0 Å². The van der Waals surface area contributed by atoms with E-state index in [1.165, 1.54) is 238 Å². The number of hydrogen-bond acceptors (Lipinski definition) is 13. The van der Waals surface area contributed by atoms with Crippen LogP contribution in [0.2, 0.25) is 0 Å². The Kier molecular flexibility index (Phi) is 66.9. The van der Waals surface area contributed by atoms with Crippen LogP contribution in [0.5, 0.6) is 0 Å². The molecule has 2 heterocycles. The van der Waals surface area contributed by atoms with Gasteiger partial charge in [-0.1, -0.05) is 381 Å². The zero-order chi connectivity index (χ0) is 74.4. The number of rotatable bonds is 72. The Bertz CT molecular complexity index is 2110. The van der Waals surface area contributed by atoms with E-state index < -0.39 is 86.8 Å². The lowest BCUT2D eigenvalue weighted by atomic mass is 9.97. The Labute approximate surface area is 630 Å². The van der Waals surface area contributed by atoms with Gasteiger partial charge in [-0.25, -0.2) is 0 Å². The molecule has 2 rings (SSSR count). The highest BCUT2D eigenvalue weighted by Crippen LogP contribution is 2.30. The van der Waals surface area contributed by atoms with Crippen molar-refractivity contribution in [3.63, 3.8) is 0 Å². The first kappa shape index (κ1) is 96.0. The second-order valence-corrected chi connectivity index (χ2v) is 29.9. The van der Waals surface area contributed by atoms with Crippen LogP contribution in [0, 0.1) is 0 Å². The standard InChI is InChI=1S/C89H159NO13/c1-3-5-7-9-11-13-15-17-19-21-23-25-27-29-31-33-35-36-37-38-39-40-41-42-43-45-47-49-51-53-55-57-59-61-63-65-67-69-71-73-81(94)90-77(76-100-88-86(99)84(97)87(80(75-92)102-88)103-89-85(98)83(96)82(95)79(74-91)101-89)78(93)72-70-68-66-64-62-60-58-56-54-52-50-48-46-44-34-32-30-28-26-24-22-20-18-16-14-12-10-8-6-4-2/h5,7,11,13,17,19,23,25,29,31,35-36,38-39,41-42,77-80,82-89,91-93,95-99H,3-4,6,8-10,12,14-16,18,20-22,24,26-28,30,32-34,37,40,43-76H2,1-2H3,(H,90,94)/b7-5-,13-11-,19-17-,25-23-,31-29-,36-35-,39-38-,42-41-. The molecule has 1 amide bonds. The molecule has 2 saturated heterocycles. The fourth-order valence-corrected chi connectivity index (χ4v) is 13.8. The molecule has 0 spiro atoms. The molecule has 9 N–H and O–H groups in total. The van der Waals surface area contributed by atoms with E-state index >= 15 is 0 Å². The number of aliphatic hydroxyl groups excluding tert-OH is 8. The van der Waals surface area contributed by atoms with Crippen LogP contribution < -0.4 is 5.32 Å². The zero-order valence-electron chi connectivity index (χ0n) is 65.8. The van der Waals surface area contributed by atoms with E-state index in [2.05, 4.69) is 116 Å². The monoisotopic (exact) mass is 1450 g/mol. The molecule has 2 aliphatic heterocycles. The van der Waals surface area contributed by atoms with Crippen LogP contribution in [0.4, 0.5) is 0 Å². The van der Waals surface area contributed by atoms with Gasteiger partial charge in [-0.2, -0.15) is 0 Å². The molecule has 12 atom stereocenters. The van der Waals surface area contributed by atoms with Crippen molar-refractivity contribution in [3.8, 4) is 0 Å². The Morgan fingerprint density at radius 1 is 0.359 bits per heavy atom. The topological polar surface area (TPSA) is 228 Å². The summed E-state index contributed by atoms with van der Waals surface area (Å²) >= 11 is 0. The number of hydrogen-bond donors (Lipinski definition) is 9. The summed E-state index contributed by atoms with van der Waals surface area (Å²) in [4.78, 5) is 13.4. The van der Waals surface area contributed by atoms with Gasteiger partial charge in [0.25, 0.3) is 0 Å². The predicted octanol–water partition coefficient (Wildman–Crippen LogP) is 20.4. The Morgan fingerprint density at radius 2 is 0.670 bits per heavy atom. The van der Waals surface area contributed by atoms with Crippen molar-refractivity contribution in [2.24, 2.45) is 0 Å². The summed E-state index contributed by atoms with van der Waals surface area (Å²) in [5.74, 6) is -0.205. The third-order valence-corrected chi connectivity index (χ3v) is 20.6. The first-order valence-electron chi connectivity index (χ1n) is 43.0. The second kappa shape index (κ2) is 71.8. The van der Waals surface area contributed by atoms with E-state index in [4.69, 9.17) is 18.9 Å². The van der Waals surface area contributed by atoms with E-state index in [1.54, 1.807) is 0 Å². The van der Waals surface area contributed by atoms with Crippen molar-refractivity contribution in [3.05, 3.63) is 97.2 Å². The number of ether oxygens (including phenoxy) is 4. The highest BCUT2D eigenvalue weighted by atomic mass is 16.7. The van der Waals surface area contributed by atoms with Gasteiger partial charge in [0.05, 0.1) is 32.0 Å². The molecule has 598 valence electrons. The summed E-state index contributed by atoms with van der Waals surface area (Å²) in [6.07, 6.45) is 86.0. The SMILES string of the molecule is CC/C=C\C/C=C\C/C=C\C/C=C\C/C=C\C/C=C\C/C=C\C/C=C\CCCCCCCCCCCCCCCCC(=O)NC(COC1OC(CO)C(OC2OC(CO)C(O)C(O)C2O)C(O)C1O)C(O)CCCCCCCCCCCCCCCCCCCCCCCCCCCCCCCC. The fraction of sp³-hybridized carbons (Fsp3) is 0.809. The maximum atomic E-state index is 13.4. The maximum Gasteiger partial charge on any atom is 0.220 e. The predicted molar refractivity (Wildman–Crippen MR) is 429 cm³/mol. The molecule has 14 heteroatoms. The van der Waals surface area contributed by atoms with Crippen LogP contribution in [0.15, 0.2) is 97.2 Å². The lowest BCUT2D eigenvalue weighted by Crippen LogP contribution is -2.65. The van der Waals surface area contributed by atoms with Gasteiger partial charge in [0.15, 0.2) is 12.6 Å². The summed E-state index contributed by atoms with van der Waals surface area (Å²) in [5.41, 5.74) is 0. The number of carbonyl (C=O) groups is 1. The fourth-order valence-electron chi connectivity index (χ4n) is 13.8. The van der Waals surface area contributed by atoms with Crippen molar-refractivity contribution in [2.45, 2.75) is 441 Å². The molecule has 0 radical (unpaired) electrons. The van der Waals surface area contributed by atoms with E-state index in [-0.39, 0.29) is 12.5 Å². The molecular weight excluding hydrogens is 1290 g/mol. The van der Waals surface area contributed by atoms with Crippen molar-refractivity contribution in [1.82, 2.24) is 5.32 Å². The van der Waals surface area contributed by atoms with Crippen LogP contribution >= 0.6 is 0 Å². The lowest BCUT2D eigenvalue weighted by molar-refractivity contribution is -0.359. The smallest absolute Gasteiger partial charge is 0.220 e. The first-order valence-corrected chi connectivity index (χ1v) is 43.0. The maximum absolute atomic E-state index is 13.4. The number of unbranched alkanes of at least 4 members (excludes halogenated alkanes) is 43. The molecule has 0 aliphatic carbocycles. The summed E-state index contributed by atoms with van der Waals surface area (Å²) in [6, 6.07) is -0.836. The average Bonchev–Trinajstić information content (AvgIpc) is 0.791. The summed E-state index contributed by atoms with van der Waals surface area (Å²) in [6.45, 7) is 2.80. The molecule has 14 nitrogen and oxygen atoms in total. The molecular formula is C89H159NO13. The van der Waals surface area contributed by atoms with E-state index in [1.807, 2.05) is 0 Å². The van der Waals surface area contributed by atoms with Gasteiger partial charge in [-0.3, -0.25) is 4.79 Å².